The van der Waals surface area contributed by atoms with Crippen molar-refractivity contribution < 1.29 is 23.9 Å². The predicted octanol–water partition coefficient (Wildman–Crippen LogP) is 1.53. The van der Waals surface area contributed by atoms with E-state index in [0.717, 1.165) is 22.0 Å². The van der Waals surface area contributed by atoms with Crippen molar-refractivity contribution in [3.8, 4) is 11.5 Å². The zero-order valence-electron chi connectivity index (χ0n) is 19.6. The third-order valence-electron chi connectivity index (χ3n) is 5.03. The molecule has 0 aliphatic carbocycles. The molecule has 0 radical (unpaired) electrons. The number of anilines is 2. The molecule has 1 amide bonds. The van der Waals surface area contributed by atoms with Crippen LogP contribution in [0.15, 0.2) is 21.7 Å². The van der Waals surface area contributed by atoms with Crippen LogP contribution in [-0.2, 0) is 11.3 Å². The number of rotatable bonds is 12. The second-order valence-electron chi connectivity index (χ2n) is 7.17. The summed E-state index contributed by atoms with van der Waals surface area (Å²) in [6.07, 6.45) is 1.38. The molecule has 13 heteroatoms. The number of hydrogen-bond acceptors (Lipinski definition) is 9. The topological polar surface area (TPSA) is 172 Å². The van der Waals surface area contributed by atoms with E-state index >= 15 is 0 Å². The van der Waals surface area contributed by atoms with Crippen molar-refractivity contribution in [1.82, 2.24) is 9.55 Å². The van der Waals surface area contributed by atoms with Crippen LogP contribution in [0.25, 0.3) is 0 Å². The normalized spacial score (nSPS) is 10.7. The summed E-state index contributed by atoms with van der Waals surface area (Å²) in [4.78, 5) is 52.5. The SMILES string of the molecule is CCCCn1c(N)c(N(CC)C(=O)c2cc(OC)c(OCCOC)cc2[N+](=O)[O-])c(=O)[nH]c1=O. The molecule has 0 atom stereocenters. The zero-order valence-corrected chi connectivity index (χ0v) is 19.6. The first-order valence-corrected chi connectivity index (χ1v) is 10.6. The maximum absolute atomic E-state index is 13.5. The summed E-state index contributed by atoms with van der Waals surface area (Å²) in [6.45, 7) is 4.01. The lowest BCUT2D eigenvalue weighted by molar-refractivity contribution is -0.385. The van der Waals surface area contributed by atoms with Gasteiger partial charge in [-0.15, -0.1) is 0 Å². The van der Waals surface area contributed by atoms with Gasteiger partial charge in [0.15, 0.2) is 17.2 Å². The molecule has 1 aromatic carbocycles. The lowest BCUT2D eigenvalue weighted by atomic mass is 10.1. The molecule has 0 unspecified atom stereocenters. The molecule has 0 aliphatic rings. The van der Waals surface area contributed by atoms with E-state index in [2.05, 4.69) is 4.98 Å². The van der Waals surface area contributed by atoms with E-state index in [1.165, 1.54) is 20.3 Å². The third kappa shape index (κ3) is 5.54. The molecule has 2 rings (SSSR count). The first-order valence-electron chi connectivity index (χ1n) is 10.6. The Labute approximate surface area is 195 Å². The number of aromatic amines is 1. The van der Waals surface area contributed by atoms with Gasteiger partial charge in [-0.3, -0.25) is 29.3 Å². The smallest absolute Gasteiger partial charge is 0.330 e. The number of amides is 1. The zero-order chi connectivity index (χ0) is 25.4. The monoisotopic (exact) mass is 479 g/mol. The van der Waals surface area contributed by atoms with E-state index in [1.807, 2.05) is 6.92 Å². The minimum Gasteiger partial charge on any atom is -0.493 e. The molecule has 0 aliphatic heterocycles. The number of benzene rings is 1. The van der Waals surface area contributed by atoms with Crippen LogP contribution in [0.1, 0.15) is 37.0 Å². The Morgan fingerprint density at radius 1 is 1.21 bits per heavy atom. The molecule has 34 heavy (non-hydrogen) atoms. The van der Waals surface area contributed by atoms with Crippen LogP contribution in [0.2, 0.25) is 0 Å². The molecular weight excluding hydrogens is 450 g/mol. The van der Waals surface area contributed by atoms with Crippen LogP contribution < -0.4 is 31.4 Å². The highest BCUT2D eigenvalue weighted by Crippen LogP contribution is 2.36. The van der Waals surface area contributed by atoms with Crippen molar-refractivity contribution in [2.24, 2.45) is 0 Å². The molecule has 3 N–H and O–H groups in total. The van der Waals surface area contributed by atoms with E-state index in [9.17, 15) is 24.5 Å². The number of aromatic nitrogens is 2. The van der Waals surface area contributed by atoms with Gasteiger partial charge in [-0.25, -0.2) is 4.79 Å². The largest absolute Gasteiger partial charge is 0.493 e. The number of hydrogen-bond donors (Lipinski definition) is 2. The Balaban J connectivity index is 2.64. The van der Waals surface area contributed by atoms with Crippen LogP contribution >= 0.6 is 0 Å². The predicted molar refractivity (Wildman–Crippen MR) is 125 cm³/mol. The van der Waals surface area contributed by atoms with Crippen molar-refractivity contribution in [3.05, 3.63) is 48.6 Å². The number of ether oxygens (including phenoxy) is 3. The van der Waals surface area contributed by atoms with Gasteiger partial charge < -0.3 is 24.8 Å². The molecule has 0 fully saturated rings. The van der Waals surface area contributed by atoms with Gasteiger partial charge in [0.2, 0.25) is 0 Å². The van der Waals surface area contributed by atoms with E-state index in [1.54, 1.807) is 6.92 Å². The van der Waals surface area contributed by atoms with Gasteiger partial charge in [-0.1, -0.05) is 13.3 Å². The number of nitro benzene ring substituents is 1. The number of nitro groups is 1. The van der Waals surface area contributed by atoms with Crippen molar-refractivity contribution in [1.29, 1.82) is 0 Å². The Hall–Kier alpha value is -3.87. The van der Waals surface area contributed by atoms with Gasteiger partial charge in [-0.05, 0) is 13.3 Å². The first kappa shape index (κ1) is 26.4. The molecule has 0 bridgehead atoms. The second-order valence-corrected chi connectivity index (χ2v) is 7.17. The number of methoxy groups -OCH3 is 2. The number of nitrogens with one attached hydrogen (secondary N) is 1. The summed E-state index contributed by atoms with van der Waals surface area (Å²) in [5.74, 6) is -0.937. The highest BCUT2D eigenvalue weighted by molar-refractivity contribution is 6.10. The highest BCUT2D eigenvalue weighted by Gasteiger charge is 2.31. The fourth-order valence-corrected chi connectivity index (χ4v) is 3.30. The summed E-state index contributed by atoms with van der Waals surface area (Å²) in [7, 11) is 2.80. The third-order valence-corrected chi connectivity index (χ3v) is 5.03. The van der Waals surface area contributed by atoms with Crippen LogP contribution in [0.5, 0.6) is 11.5 Å². The molecule has 0 saturated carbocycles. The van der Waals surface area contributed by atoms with Gasteiger partial charge in [0.05, 0.1) is 24.7 Å². The first-order chi connectivity index (χ1) is 16.2. The Morgan fingerprint density at radius 3 is 2.47 bits per heavy atom. The van der Waals surface area contributed by atoms with Gasteiger partial charge >= 0.3 is 5.69 Å². The summed E-state index contributed by atoms with van der Waals surface area (Å²) in [6, 6.07) is 2.24. The minimum atomic E-state index is -0.875. The summed E-state index contributed by atoms with van der Waals surface area (Å²) in [5, 5.41) is 11.8. The van der Waals surface area contributed by atoms with E-state index in [0.29, 0.717) is 6.42 Å². The quantitative estimate of drug-likeness (QED) is 0.260. The molecule has 1 heterocycles. The summed E-state index contributed by atoms with van der Waals surface area (Å²) >= 11 is 0. The minimum absolute atomic E-state index is 0.0519. The van der Waals surface area contributed by atoms with Crippen molar-refractivity contribution in [2.45, 2.75) is 33.2 Å². The van der Waals surface area contributed by atoms with Crippen molar-refractivity contribution >= 4 is 23.1 Å². The molecule has 0 spiro atoms. The number of H-pyrrole nitrogens is 1. The standard InChI is InChI=1S/C21H29N5O8/c1-5-7-8-25-18(22)17(19(27)23-21(25)29)24(6-2)20(28)13-11-15(33-4)16(34-10-9-32-3)12-14(13)26(30)31/h11-12H,5-10,22H2,1-4H3,(H,23,27,29). The second kappa shape index (κ2) is 11.8. The average Bonchev–Trinajstić information content (AvgIpc) is 2.80. The Bertz CT molecular complexity index is 1160. The summed E-state index contributed by atoms with van der Waals surface area (Å²) < 4.78 is 16.8. The molecule has 2 aromatic rings. The van der Waals surface area contributed by atoms with Crippen LogP contribution in [0, 0.1) is 10.1 Å². The Morgan fingerprint density at radius 2 is 1.91 bits per heavy atom. The highest BCUT2D eigenvalue weighted by atomic mass is 16.6. The number of carbonyl (C=O) groups is 1. The molecule has 13 nitrogen and oxygen atoms in total. The summed E-state index contributed by atoms with van der Waals surface area (Å²) in [5.41, 5.74) is 3.39. The fourth-order valence-electron chi connectivity index (χ4n) is 3.30. The van der Waals surface area contributed by atoms with Crippen LogP contribution in [0.4, 0.5) is 17.2 Å². The maximum atomic E-state index is 13.5. The van der Waals surface area contributed by atoms with Crippen molar-refractivity contribution in [2.75, 3.05) is 44.6 Å². The number of nitrogen functional groups attached to an aromatic ring is 1. The van der Waals surface area contributed by atoms with Crippen LogP contribution in [-0.4, -0.2) is 54.4 Å². The van der Waals surface area contributed by atoms with Gasteiger partial charge in [0, 0.05) is 26.3 Å². The molecular formula is C21H29N5O8. The lowest BCUT2D eigenvalue weighted by Crippen LogP contribution is -2.41. The van der Waals surface area contributed by atoms with E-state index in [4.69, 9.17) is 19.9 Å². The lowest BCUT2D eigenvalue weighted by Gasteiger charge is -2.23. The molecule has 1 aromatic heterocycles. The molecule has 0 saturated heterocycles. The van der Waals surface area contributed by atoms with E-state index < -0.39 is 27.8 Å². The number of unbranched alkanes of at least 4 members (excludes halogenated alkanes) is 1. The van der Waals surface area contributed by atoms with Crippen molar-refractivity contribution in [3.63, 3.8) is 0 Å². The fraction of sp³-hybridized carbons (Fsp3) is 0.476. The average molecular weight is 479 g/mol. The van der Waals surface area contributed by atoms with E-state index in [-0.39, 0.29) is 54.9 Å². The number of nitrogens with zero attached hydrogens (tertiary/aromatic N) is 3. The molecule has 186 valence electrons. The van der Waals surface area contributed by atoms with Crippen LogP contribution in [0.3, 0.4) is 0 Å². The van der Waals surface area contributed by atoms with Gasteiger partial charge in [0.1, 0.15) is 18.0 Å². The Kier molecular flexibility index (Phi) is 9.18. The maximum Gasteiger partial charge on any atom is 0.330 e. The van der Waals surface area contributed by atoms with Gasteiger partial charge in [0.25, 0.3) is 17.2 Å². The number of carbonyl (C=O) groups excluding carboxylic acids is 1. The number of nitrogens with two attached hydrogens (primary N) is 1. The van der Waals surface area contributed by atoms with Gasteiger partial charge in [-0.2, -0.15) is 0 Å².